The van der Waals surface area contributed by atoms with E-state index < -0.39 is 0 Å². The van der Waals surface area contributed by atoms with Gasteiger partial charge in [-0.2, -0.15) is 0 Å². The molecule has 0 atom stereocenters. The molecule has 2 amide bonds. The highest BCUT2D eigenvalue weighted by Crippen LogP contribution is 2.09. The van der Waals surface area contributed by atoms with Gasteiger partial charge in [-0.3, -0.25) is 14.5 Å². The van der Waals surface area contributed by atoms with Crippen LogP contribution in [0.4, 0.5) is 0 Å². The molecular weight excluding hydrogens is 318 g/mol. The molecule has 0 saturated carbocycles. The lowest BCUT2D eigenvalue weighted by atomic mass is 10.1. The first-order valence-corrected chi connectivity index (χ1v) is 8.54. The van der Waals surface area contributed by atoms with Crippen LogP contribution in [-0.4, -0.2) is 54.3 Å². The van der Waals surface area contributed by atoms with Gasteiger partial charge in [0.05, 0.1) is 25.8 Å². The lowest BCUT2D eigenvalue weighted by Crippen LogP contribution is -2.50. The topological polar surface area (TPSA) is 65.8 Å². The second kappa shape index (κ2) is 8.48. The molecule has 1 N–H and O–H groups in total. The molecule has 25 heavy (non-hydrogen) atoms. The third-order valence-electron chi connectivity index (χ3n) is 4.33. The smallest absolute Gasteiger partial charge is 0.242 e. The molecule has 0 unspecified atom stereocenters. The number of amides is 2. The van der Waals surface area contributed by atoms with E-state index in [-0.39, 0.29) is 18.4 Å². The van der Waals surface area contributed by atoms with E-state index in [2.05, 4.69) is 10.2 Å². The second-order valence-electron chi connectivity index (χ2n) is 6.18. The monoisotopic (exact) mass is 341 g/mol. The van der Waals surface area contributed by atoms with E-state index in [9.17, 15) is 9.59 Å². The summed E-state index contributed by atoms with van der Waals surface area (Å²) < 4.78 is 5.35. The summed E-state index contributed by atoms with van der Waals surface area (Å²) in [5, 5.41) is 2.72. The third-order valence-corrected chi connectivity index (χ3v) is 4.33. The maximum atomic E-state index is 12.3. The van der Waals surface area contributed by atoms with Crippen LogP contribution < -0.4 is 5.32 Å². The average molecular weight is 341 g/mol. The summed E-state index contributed by atoms with van der Waals surface area (Å²) in [6, 6.07) is 13.4. The molecule has 1 aliphatic heterocycles. The van der Waals surface area contributed by atoms with Crippen LogP contribution in [0.2, 0.25) is 0 Å². The van der Waals surface area contributed by atoms with Crippen LogP contribution >= 0.6 is 0 Å². The molecule has 1 aromatic heterocycles. The third kappa shape index (κ3) is 5.19. The number of furan rings is 1. The normalized spacial score (nSPS) is 15.1. The van der Waals surface area contributed by atoms with Gasteiger partial charge in [0, 0.05) is 26.2 Å². The standard InChI is InChI=1S/C19H23N3O3/c23-18(13-16-5-2-1-3-6-16)20-14-19(24)22-10-8-21(9-11-22)15-17-7-4-12-25-17/h1-7,12H,8-11,13-15H2,(H,20,23). The second-order valence-corrected chi connectivity index (χ2v) is 6.18. The minimum Gasteiger partial charge on any atom is -0.468 e. The van der Waals surface area contributed by atoms with Crippen molar-refractivity contribution in [3.63, 3.8) is 0 Å². The van der Waals surface area contributed by atoms with Crippen molar-refractivity contribution in [1.29, 1.82) is 0 Å². The van der Waals surface area contributed by atoms with Gasteiger partial charge < -0.3 is 14.6 Å². The van der Waals surface area contributed by atoms with E-state index in [4.69, 9.17) is 4.42 Å². The molecule has 2 aromatic rings. The van der Waals surface area contributed by atoms with E-state index >= 15 is 0 Å². The van der Waals surface area contributed by atoms with E-state index in [0.29, 0.717) is 19.5 Å². The minimum absolute atomic E-state index is 0.0286. The van der Waals surface area contributed by atoms with Crippen LogP contribution in [0, 0.1) is 0 Å². The fraction of sp³-hybridized carbons (Fsp3) is 0.368. The lowest BCUT2D eigenvalue weighted by molar-refractivity contribution is -0.134. The summed E-state index contributed by atoms with van der Waals surface area (Å²) >= 11 is 0. The number of nitrogens with one attached hydrogen (secondary N) is 1. The molecule has 1 fully saturated rings. The minimum atomic E-state index is -0.129. The average Bonchev–Trinajstić information content (AvgIpc) is 3.14. The molecule has 0 radical (unpaired) electrons. The van der Waals surface area contributed by atoms with Gasteiger partial charge in [-0.15, -0.1) is 0 Å². The number of rotatable bonds is 6. The van der Waals surface area contributed by atoms with Crippen LogP contribution in [0.15, 0.2) is 53.1 Å². The number of hydrogen-bond acceptors (Lipinski definition) is 4. The Labute approximate surface area is 147 Å². The summed E-state index contributed by atoms with van der Waals surface area (Å²) in [5.74, 6) is 0.781. The number of carbonyl (C=O) groups is 2. The molecule has 0 spiro atoms. The predicted molar refractivity (Wildman–Crippen MR) is 93.7 cm³/mol. The first-order chi connectivity index (χ1) is 12.2. The Kier molecular flexibility index (Phi) is 5.85. The Morgan fingerprint density at radius 3 is 2.44 bits per heavy atom. The van der Waals surface area contributed by atoms with Crippen molar-refractivity contribution in [3.8, 4) is 0 Å². The number of benzene rings is 1. The van der Waals surface area contributed by atoms with Gasteiger partial charge in [0.15, 0.2) is 0 Å². The number of piperazine rings is 1. The van der Waals surface area contributed by atoms with Crippen LogP contribution in [0.25, 0.3) is 0 Å². The Morgan fingerprint density at radius 2 is 1.76 bits per heavy atom. The molecule has 6 heteroatoms. The molecule has 1 aromatic carbocycles. The number of nitrogens with zero attached hydrogens (tertiary/aromatic N) is 2. The molecule has 1 aliphatic rings. The van der Waals surface area contributed by atoms with Crippen molar-refractivity contribution in [2.24, 2.45) is 0 Å². The highest BCUT2D eigenvalue weighted by Gasteiger charge is 2.21. The Morgan fingerprint density at radius 1 is 1.00 bits per heavy atom. The maximum Gasteiger partial charge on any atom is 0.242 e. The molecule has 0 bridgehead atoms. The summed E-state index contributed by atoms with van der Waals surface area (Å²) in [4.78, 5) is 28.2. The fourth-order valence-electron chi connectivity index (χ4n) is 2.91. The molecule has 6 nitrogen and oxygen atoms in total. The summed E-state index contributed by atoms with van der Waals surface area (Å²) in [7, 11) is 0. The predicted octanol–water partition coefficient (Wildman–Crippen LogP) is 1.28. The van der Waals surface area contributed by atoms with Crippen LogP contribution in [0.5, 0.6) is 0 Å². The van der Waals surface area contributed by atoms with Crippen LogP contribution in [-0.2, 0) is 22.6 Å². The highest BCUT2D eigenvalue weighted by molar-refractivity contribution is 5.85. The van der Waals surface area contributed by atoms with Crippen molar-refractivity contribution in [2.75, 3.05) is 32.7 Å². The van der Waals surface area contributed by atoms with Gasteiger partial charge in [-0.25, -0.2) is 0 Å². The highest BCUT2D eigenvalue weighted by atomic mass is 16.3. The molecule has 2 heterocycles. The Hall–Kier alpha value is -2.60. The number of hydrogen-bond donors (Lipinski definition) is 1. The van der Waals surface area contributed by atoms with Crippen LogP contribution in [0.3, 0.4) is 0 Å². The van der Waals surface area contributed by atoms with Crippen molar-refractivity contribution >= 4 is 11.8 Å². The van der Waals surface area contributed by atoms with Gasteiger partial charge >= 0.3 is 0 Å². The summed E-state index contributed by atoms with van der Waals surface area (Å²) in [6.45, 7) is 3.80. The molecular formula is C19H23N3O3. The van der Waals surface area contributed by atoms with Crippen molar-refractivity contribution in [1.82, 2.24) is 15.1 Å². The fourth-order valence-corrected chi connectivity index (χ4v) is 2.91. The zero-order valence-electron chi connectivity index (χ0n) is 14.2. The van der Waals surface area contributed by atoms with Gasteiger partial charge in [-0.05, 0) is 17.7 Å². The number of carbonyl (C=O) groups excluding carboxylic acids is 2. The first kappa shape index (κ1) is 17.2. The molecule has 3 rings (SSSR count). The van der Waals surface area contributed by atoms with Gasteiger partial charge in [0.25, 0.3) is 0 Å². The van der Waals surface area contributed by atoms with Crippen molar-refractivity contribution in [2.45, 2.75) is 13.0 Å². The van der Waals surface area contributed by atoms with E-state index in [0.717, 1.165) is 31.0 Å². The SMILES string of the molecule is O=C(Cc1ccccc1)NCC(=O)N1CCN(Cc2ccco2)CC1. The molecule has 132 valence electrons. The van der Waals surface area contributed by atoms with E-state index in [1.54, 1.807) is 11.2 Å². The van der Waals surface area contributed by atoms with E-state index in [1.807, 2.05) is 42.5 Å². The van der Waals surface area contributed by atoms with Gasteiger partial charge in [-0.1, -0.05) is 30.3 Å². The van der Waals surface area contributed by atoms with Crippen LogP contribution in [0.1, 0.15) is 11.3 Å². The quantitative estimate of drug-likeness (QED) is 0.860. The largest absolute Gasteiger partial charge is 0.468 e. The summed E-state index contributed by atoms with van der Waals surface area (Å²) in [6.07, 6.45) is 1.97. The zero-order chi connectivity index (χ0) is 17.5. The first-order valence-electron chi connectivity index (χ1n) is 8.54. The lowest BCUT2D eigenvalue weighted by Gasteiger charge is -2.34. The zero-order valence-corrected chi connectivity index (χ0v) is 14.2. The Balaban J connectivity index is 1.37. The van der Waals surface area contributed by atoms with Crippen molar-refractivity contribution < 1.29 is 14.0 Å². The molecule has 1 saturated heterocycles. The summed E-state index contributed by atoms with van der Waals surface area (Å²) in [5.41, 5.74) is 0.944. The Bertz CT molecular complexity index is 677. The maximum absolute atomic E-state index is 12.3. The van der Waals surface area contributed by atoms with Gasteiger partial charge in [0.2, 0.25) is 11.8 Å². The molecule has 0 aliphatic carbocycles. The van der Waals surface area contributed by atoms with E-state index in [1.165, 1.54) is 0 Å². The van der Waals surface area contributed by atoms with Gasteiger partial charge in [0.1, 0.15) is 5.76 Å². The van der Waals surface area contributed by atoms with Crippen molar-refractivity contribution in [3.05, 3.63) is 60.1 Å².